The molecule has 2 heterocycles. The number of nitriles is 1. The first-order valence-electron chi connectivity index (χ1n) is 12.3. The van der Waals surface area contributed by atoms with E-state index in [1.165, 1.54) is 39.9 Å². The number of likely N-dealkylation sites (N-methyl/N-ethyl adjacent to an activating group) is 1. The van der Waals surface area contributed by atoms with E-state index in [0.29, 0.717) is 28.7 Å². The first-order valence-corrected chi connectivity index (χ1v) is 12.3. The van der Waals surface area contributed by atoms with Gasteiger partial charge < -0.3 is 5.32 Å². The summed E-state index contributed by atoms with van der Waals surface area (Å²) in [5.74, 6) is -2.69. The quantitative estimate of drug-likeness (QED) is 0.348. The summed E-state index contributed by atoms with van der Waals surface area (Å²) in [6.07, 6.45) is -4.67. The number of amides is 2. The van der Waals surface area contributed by atoms with Crippen molar-refractivity contribution in [2.75, 3.05) is 11.4 Å². The molecule has 0 saturated heterocycles. The van der Waals surface area contributed by atoms with Crippen molar-refractivity contribution in [1.82, 2.24) is 15.1 Å². The Hall–Kier alpha value is -4.98. The van der Waals surface area contributed by atoms with Crippen LogP contribution >= 0.6 is 0 Å². The Morgan fingerprint density at radius 1 is 1.05 bits per heavy atom. The standard InChI is InChI=1S/C29H21F4N5O2/c1-2-37-27-24(22(16-34)36-38(27)21-9-4-3-5-10-21)23(17-11-13-20(30)14-12-17)25(28(37)40)35-26(39)18-7-6-8-19(15-18)29(31,32)33/h3-15,23,25H,2H2,1H3,(H,35,39)/t23-,25-/m1/s1. The summed E-state index contributed by atoms with van der Waals surface area (Å²) in [6.45, 7) is 1.85. The number of rotatable bonds is 5. The molecule has 5 rings (SSSR count). The highest BCUT2D eigenvalue weighted by Gasteiger charge is 2.46. The molecule has 1 aromatic heterocycles. The molecule has 1 N–H and O–H groups in total. The largest absolute Gasteiger partial charge is 0.416 e. The third-order valence-corrected chi connectivity index (χ3v) is 6.72. The third kappa shape index (κ3) is 4.68. The molecule has 2 atom stereocenters. The van der Waals surface area contributed by atoms with Gasteiger partial charge in [-0.1, -0.05) is 36.4 Å². The monoisotopic (exact) mass is 547 g/mol. The number of para-hydroxylation sites is 1. The lowest BCUT2D eigenvalue weighted by molar-refractivity contribution is -0.137. The molecule has 0 bridgehead atoms. The van der Waals surface area contributed by atoms with E-state index in [4.69, 9.17) is 0 Å². The molecule has 7 nitrogen and oxygen atoms in total. The van der Waals surface area contributed by atoms with E-state index < -0.39 is 41.3 Å². The fraction of sp³-hybridized carbons (Fsp3) is 0.172. The van der Waals surface area contributed by atoms with E-state index >= 15 is 0 Å². The Labute approximate surface area is 226 Å². The van der Waals surface area contributed by atoms with Gasteiger partial charge in [0.1, 0.15) is 23.7 Å². The maximum atomic E-state index is 14.0. The molecule has 0 radical (unpaired) electrons. The lowest BCUT2D eigenvalue weighted by Crippen LogP contribution is -2.55. The number of alkyl halides is 3. The van der Waals surface area contributed by atoms with Gasteiger partial charge in [-0.3, -0.25) is 14.5 Å². The predicted molar refractivity (Wildman–Crippen MR) is 137 cm³/mol. The van der Waals surface area contributed by atoms with Gasteiger partial charge in [-0.05, 0) is 55.0 Å². The Balaban J connectivity index is 1.68. The minimum Gasteiger partial charge on any atom is -0.339 e. The van der Waals surface area contributed by atoms with Crippen LogP contribution in [0.4, 0.5) is 23.4 Å². The Bertz CT molecular complexity index is 1630. The van der Waals surface area contributed by atoms with Crippen molar-refractivity contribution in [3.8, 4) is 11.8 Å². The average Bonchev–Trinajstić information content (AvgIpc) is 3.33. The summed E-state index contributed by atoms with van der Waals surface area (Å²) in [5, 5.41) is 17.1. The number of fused-ring (bicyclic) bond motifs is 1. The van der Waals surface area contributed by atoms with Gasteiger partial charge in [0.05, 0.1) is 11.3 Å². The van der Waals surface area contributed by atoms with Crippen LogP contribution in [0.15, 0.2) is 78.9 Å². The topological polar surface area (TPSA) is 91.0 Å². The van der Waals surface area contributed by atoms with Crippen LogP contribution in [0.25, 0.3) is 5.69 Å². The second-order valence-corrected chi connectivity index (χ2v) is 9.09. The lowest BCUT2D eigenvalue weighted by Gasteiger charge is -2.38. The molecular formula is C29H21F4N5O2. The molecule has 0 aliphatic carbocycles. The summed E-state index contributed by atoms with van der Waals surface area (Å²) in [6, 6.07) is 18.7. The van der Waals surface area contributed by atoms with E-state index in [2.05, 4.69) is 16.5 Å². The van der Waals surface area contributed by atoms with E-state index in [9.17, 15) is 32.4 Å². The molecule has 2 amide bonds. The van der Waals surface area contributed by atoms with Crippen LogP contribution in [-0.4, -0.2) is 34.2 Å². The number of aromatic nitrogens is 2. The summed E-state index contributed by atoms with van der Waals surface area (Å²) >= 11 is 0. The molecule has 0 saturated carbocycles. The number of hydrogen-bond donors (Lipinski definition) is 1. The molecule has 3 aromatic carbocycles. The van der Waals surface area contributed by atoms with Gasteiger partial charge >= 0.3 is 6.18 Å². The Morgan fingerprint density at radius 3 is 2.38 bits per heavy atom. The van der Waals surface area contributed by atoms with Crippen LogP contribution in [0.3, 0.4) is 0 Å². The predicted octanol–water partition coefficient (Wildman–Crippen LogP) is 5.20. The average molecular weight is 548 g/mol. The van der Waals surface area contributed by atoms with Crippen LogP contribution < -0.4 is 10.2 Å². The zero-order valence-corrected chi connectivity index (χ0v) is 21.0. The molecule has 4 aromatic rings. The highest BCUT2D eigenvalue weighted by Crippen LogP contribution is 2.43. The number of nitrogens with zero attached hydrogens (tertiary/aromatic N) is 4. The summed E-state index contributed by atoms with van der Waals surface area (Å²) in [7, 11) is 0. The summed E-state index contributed by atoms with van der Waals surface area (Å²) < 4.78 is 55.2. The first-order chi connectivity index (χ1) is 19.1. The van der Waals surface area contributed by atoms with Gasteiger partial charge in [0.25, 0.3) is 11.8 Å². The van der Waals surface area contributed by atoms with E-state index in [1.54, 1.807) is 37.3 Å². The van der Waals surface area contributed by atoms with Crippen molar-refractivity contribution in [2.45, 2.75) is 25.1 Å². The zero-order valence-electron chi connectivity index (χ0n) is 21.0. The highest BCUT2D eigenvalue weighted by molar-refractivity contribution is 6.05. The number of benzene rings is 3. The zero-order chi connectivity index (χ0) is 28.6. The number of carbonyl (C=O) groups is 2. The Morgan fingerprint density at radius 2 is 1.75 bits per heavy atom. The molecule has 0 spiro atoms. The maximum Gasteiger partial charge on any atom is 0.416 e. The van der Waals surface area contributed by atoms with Gasteiger partial charge in [-0.25, -0.2) is 9.07 Å². The molecule has 11 heteroatoms. The fourth-order valence-electron chi connectivity index (χ4n) is 4.92. The van der Waals surface area contributed by atoms with E-state index in [1.807, 2.05) is 0 Å². The van der Waals surface area contributed by atoms with Crippen LogP contribution in [0.5, 0.6) is 0 Å². The number of nitrogens with one attached hydrogen (secondary N) is 1. The van der Waals surface area contributed by atoms with Gasteiger partial charge in [0.2, 0.25) is 0 Å². The van der Waals surface area contributed by atoms with Gasteiger partial charge in [0, 0.05) is 23.6 Å². The number of halogens is 4. The number of carbonyl (C=O) groups excluding carboxylic acids is 2. The number of hydrogen-bond acceptors (Lipinski definition) is 4. The van der Waals surface area contributed by atoms with Crippen molar-refractivity contribution in [2.24, 2.45) is 0 Å². The molecule has 0 fully saturated rings. The second-order valence-electron chi connectivity index (χ2n) is 9.09. The molecular weight excluding hydrogens is 526 g/mol. The van der Waals surface area contributed by atoms with Crippen molar-refractivity contribution in [1.29, 1.82) is 5.26 Å². The Kier molecular flexibility index (Phi) is 6.85. The third-order valence-electron chi connectivity index (χ3n) is 6.72. The van der Waals surface area contributed by atoms with Gasteiger partial charge in [-0.2, -0.15) is 23.5 Å². The minimum atomic E-state index is -4.67. The SMILES string of the molecule is CCN1C(=O)[C@H](NC(=O)c2cccc(C(F)(F)F)c2)[C@H](c2ccc(F)cc2)c2c(C#N)nn(-c3ccccc3)c21. The van der Waals surface area contributed by atoms with Crippen molar-refractivity contribution in [3.63, 3.8) is 0 Å². The van der Waals surface area contributed by atoms with E-state index in [-0.39, 0.29) is 17.8 Å². The molecule has 1 aliphatic heterocycles. The second kappa shape index (κ2) is 10.3. The molecule has 40 heavy (non-hydrogen) atoms. The van der Waals surface area contributed by atoms with Crippen LogP contribution in [-0.2, 0) is 11.0 Å². The lowest BCUT2D eigenvalue weighted by atomic mass is 9.81. The van der Waals surface area contributed by atoms with Crippen LogP contribution in [0.1, 0.15) is 45.6 Å². The first kappa shape index (κ1) is 26.6. The summed E-state index contributed by atoms with van der Waals surface area (Å²) in [4.78, 5) is 28.6. The maximum absolute atomic E-state index is 14.0. The van der Waals surface area contributed by atoms with Gasteiger partial charge in [-0.15, -0.1) is 0 Å². The van der Waals surface area contributed by atoms with Crippen molar-refractivity contribution in [3.05, 3.63) is 113 Å². The smallest absolute Gasteiger partial charge is 0.339 e. The normalized spacial score (nSPS) is 16.8. The molecule has 0 unspecified atom stereocenters. The van der Waals surface area contributed by atoms with Crippen LogP contribution in [0, 0.1) is 17.1 Å². The van der Waals surface area contributed by atoms with Crippen molar-refractivity contribution >= 4 is 17.6 Å². The van der Waals surface area contributed by atoms with Crippen LogP contribution in [0.2, 0.25) is 0 Å². The van der Waals surface area contributed by atoms with Gasteiger partial charge in [0.15, 0.2) is 5.69 Å². The molecule has 202 valence electrons. The fourth-order valence-corrected chi connectivity index (χ4v) is 4.92. The van der Waals surface area contributed by atoms with E-state index in [0.717, 1.165) is 12.1 Å². The minimum absolute atomic E-state index is 0.0163. The molecule has 1 aliphatic rings. The summed E-state index contributed by atoms with van der Waals surface area (Å²) in [5.41, 5.74) is -0.0133. The highest BCUT2D eigenvalue weighted by atomic mass is 19.4. The number of anilines is 1. The van der Waals surface area contributed by atoms with Crippen molar-refractivity contribution < 1.29 is 27.2 Å².